The Kier molecular flexibility index (Phi) is 6.03. The lowest BCUT2D eigenvalue weighted by Crippen LogP contribution is -2.26. The van der Waals surface area contributed by atoms with Crippen LogP contribution in [0, 0.1) is 11.3 Å². The summed E-state index contributed by atoms with van der Waals surface area (Å²) in [6.45, 7) is 8.84. The lowest BCUT2D eigenvalue weighted by Gasteiger charge is -2.16. The van der Waals surface area contributed by atoms with Gasteiger partial charge in [0, 0.05) is 25.8 Å². The highest BCUT2D eigenvalue weighted by molar-refractivity contribution is 5.97. The van der Waals surface area contributed by atoms with Gasteiger partial charge in [-0.1, -0.05) is 18.2 Å². The van der Waals surface area contributed by atoms with Gasteiger partial charge < -0.3 is 19.7 Å². The molecular weight excluding hydrogens is 306 g/mol. The third kappa shape index (κ3) is 4.40. The number of nitriles is 1. The van der Waals surface area contributed by atoms with Crippen LogP contribution in [0.2, 0.25) is 0 Å². The lowest BCUT2D eigenvalue weighted by molar-refractivity contribution is -0.117. The van der Waals surface area contributed by atoms with Gasteiger partial charge in [0.25, 0.3) is 5.91 Å². The van der Waals surface area contributed by atoms with E-state index in [4.69, 9.17) is 9.47 Å². The highest BCUT2D eigenvalue weighted by atomic mass is 16.7. The summed E-state index contributed by atoms with van der Waals surface area (Å²) in [5.74, 6) is 0.904. The van der Waals surface area contributed by atoms with Crippen LogP contribution in [0.25, 0.3) is 0 Å². The molecule has 0 atom stereocenters. The molecule has 6 nitrogen and oxygen atoms in total. The first-order valence-corrected chi connectivity index (χ1v) is 7.42. The summed E-state index contributed by atoms with van der Waals surface area (Å²) in [5.41, 5.74) is 0.887. The van der Waals surface area contributed by atoms with Crippen molar-refractivity contribution in [1.82, 2.24) is 10.2 Å². The van der Waals surface area contributed by atoms with Gasteiger partial charge >= 0.3 is 0 Å². The Hall–Kier alpha value is -3.20. The Labute approximate surface area is 141 Å². The second kappa shape index (κ2) is 8.44. The van der Waals surface area contributed by atoms with Crippen molar-refractivity contribution >= 4 is 5.91 Å². The first-order valence-electron chi connectivity index (χ1n) is 7.42. The predicted octanol–water partition coefficient (Wildman–Crippen LogP) is 2.11. The van der Waals surface area contributed by atoms with E-state index in [2.05, 4.69) is 18.5 Å². The molecule has 6 heteroatoms. The zero-order valence-corrected chi connectivity index (χ0v) is 13.3. The number of hydrogen-bond donors (Lipinski definition) is 1. The normalized spacial score (nSPS) is 12.2. The third-order valence-corrected chi connectivity index (χ3v) is 3.29. The molecule has 1 heterocycles. The lowest BCUT2D eigenvalue weighted by atomic mass is 10.2. The zero-order valence-electron chi connectivity index (χ0n) is 13.3. The molecule has 0 aliphatic carbocycles. The molecule has 2 rings (SSSR count). The SMILES string of the molecule is C=CCN(/C=C(/C#N)C(=O)NCc1ccc2c(c1)OCO2)CC=C. The summed E-state index contributed by atoms with van der Waals surface area (Å²) in [5, 5.41) is 11.9. The van der Waals surface area contributed by atoms with Crippen molar-refractivity contribution in [2.24, 2.45) is 0 Å². The monoisotopic (exact) mass is 325 g/mol. The van der Waals surface area contributed by atoms with Gasteiger partial charge in [-0.15, -0.1) is 13.2 Å². The number of nitrogens with zero attached hydrogens (tertiary/aromatic N) is 2. The second-order valence-electron chi connectivity index (χ2n) is 5.06. The summed E-state index contributed by atoms with van der Waals surface area (Å²) in [6.07, 6.45) is 4.90. The minimum atomic E-state index is -0.437. The molecule has 0 radical (unpaired) electrons. The summed E-state index contributed by atoms with van der Waals surface area (Å²) >= 11 is 0. The number of ether oxygens (including phenoxy) is 2. The molecule has 1 aromatic carbocycles. The second-order valence-corrected chi connectivity index (χ2v) is 5.06. The van der Waals surface area contributed by atoms with Crippen LogP contribution < -0.4 is 14.8 Å². The van der Waals surface area contributed by atoms with Crippen LogP contribution in [0.1, 0.15) is 5.56 Å². The molecule has 0 aromatic heterocycles. The van der Waals surface area contributed by atoms with Gasteiger partial charge in [-0.3, -0.25) is 4.79 Å². The molecule has 0 saturated heterocycles. The number of amides is 1. The summed E-state index contributed by atoms with van der Waals surface area (Å²) in [4.78, 5) is 14.0. The molecule has 24 heavy (non-hydrogen) atoms. The topological polar surface area (TPSA) is 74.6 Å². The van der Waals surface area contributed by atoms with Gasteiger partial charge in [-0.05, 0) is 17.7 Å². The minimum Gasteiger partial charge on any atom is -0.454 e. The van der Waals surface area contributed by atoms with E-state index in [-0.39, 0.29) is 18.9 Å². The number of carbonyl (C=O) groups excluding carboxylic acids is 1. The molecule has 0 bridgehead atoms. The van der Waals surface area contributed by atoms with Crippen LogP contribution in [0.5, 0.6) is 11.5 Å². The molecule has 0 fully saturated rings. The van der Waals surface area contributed by atoms with Crippen molar-refractivity contribution in [3.8, 4) is 17.6 Å². The van der Waals surface area contributed by atoms with E-state index in [1.165, 1.54) is 6.20 Å². The van der Waals surface area contributed by atoms with E-state index in [0.717, 1.165) is 5.56 Å². The predicted molar refractivity (Wildman–Crippen MR) is 90.1 cm³/mol. The Morgan fingerprint density at radius 2 is 2.00 bits per heavy atom. The van der Waals surface area contributed by atoms with Crippen LogP contribution in [0.15, 0.2) is 55.3 Å². The molecule has 1 N–H and O–H groups in total. The maximum atomic E-state index is 12.2. The van der Waals surface area contributed by atoms with Crippen molar-refractivity contribution < 1.29 is 14.3 Å². The van der Waals surface area contributed by atoms with E-state index >= 15 is 0 Å². The van der Waals surface area contributed by atoms with Crippen LogP contribution >= 0.6 is 0 Å². The maximum absolute atomic E-state index is 12.2. The van der Waals surface area contributed by atoms with Gasteiger partial charge in [0.15, 0.2) is 11.5 Å². The summed E-state index contributed by atoms with van der Waals surface area (Å²) < 4.78 is 10.5. The van der Waals surface area contributed by atoms with Crippen molar-refractivity contribution in [1.29, 1.82) is 5.26 Å². The van der Waals surface area contributed by atoms with Gasteiger partial charge in [-0.2, -0.15) is 5.26 Å². The van der Waals surface area contributed by atoms with E-state index in [1.54, 1.807) is 29.2 Å². The van der Waals surface area contributed by atoms with Crippen LogP contribution in [-0.2, 0) is 11.3 Å². The number of nitrogens with one attached hydrogen (secondary N) is 1. The molecule has 0 saturated carbocycles. The number of hydrogen-bond acceptors (Lipinski definition) is 5. The van der Waals surface area contributed by atoms with E-state index in [1.807, 2.05) is 12.1 Å². The quantitative estimate of drug-likeness (QED) is 0.450. The van der Waals surface area contributed by atoms with Crippen molar-refractivity contribution in [2.45, 2.75) is 6.54 Å². The van der Waals surface area contributed by atoms with Gasteiger partial charge in [0.05, 0.1) is 0 Å². The molecule has 0 unspecified atom stereocenters. The van der Waals surface area contributed by atoms with Crippen LogP contribution in [0.3, 0.4) is 0 Å². The van der Waals surface area contributed by atoms with Crippen molar-refractivity contribution in [3.05, 3.63) is 60.8 Å². The van der Waals surface area contributed by atoms with Crippen molar-refractivity contribution in [3.63, 3.8) is 0 Å². The van der Waals surface area contributed by atoms with Crippen molar-refractivity contribution in [2.75, 3.05) is 19.9 Å². The maximum Gasteiger partial charge on any atom is 0.263 e. The Morgan fingerprint density at radius 1 is 1.29 bits per heavy atom. The first kappa shape index (κ1) is 17.2. The molecule has 1 amide bonds. The van der Waals surface area contributed by atoms with Gasteiger partial charge in [-0.25, -0.2) is 0 Å². The largest absolute Gasteiger partial charge is 0.454 e. The van der Waals surface area contributed by atoms with Crippen LogP contribution in [-0.4, -0.2) is 30.7 Å². The van der Waals surface area contributed by atoms with Crippen LogP contribution in [0.4, 0.5) is 0 Å². The number of carbonyl (C=O) groups is 1. The molecule has 124 valence electrons. The molecule has 1 aromatic rings. The minimum absolute atomic E-state index is 0.0273. The molecule has 1 aliphatic heterocycles. The number of fused-ring (bicyclic) bond motifs is 1. The summed E-state index contributed by atoms with van der Waals surface area (Å²) in [7, 11) is 0. The Balaban J connectivity index is 2.00. The summed E-state index contributed by atoms with van der Waals surface area (Å²) in [6, 6.07) is 7.36. The van der Waals surface area contributed by atoms with E-state index < -0.39 is 5.91 Å². The first-order chi connectivity index (χ1) is 11.7. The highest BCUT2D eigenvalue weighted by Gasteiger charge is 2.14. The average Bonchev–Trinajstić information content (AvgIpc) is 3.05. The molecule has 1 aliphatic rings. The molecule has 0 spiro atoms. The molecular formula is C18H19N3O3. The van der Waals surface area contributed by atoms with E-state index in [9.17, 15) is 10.1 Å². The fourth-order valence-corrected chi connectivity index (χ4v) is 2.16. The fraction of sp³-hybridized carbons (Fsp3) is 0.222. The highest BCUT2D eigenvalue weighted by Crippen LogP contribution is 2.32. The standard InChI is InChI=1S/C18H19N3O3/c1-3-7-21(8-4-2)12-15(10-19)18(22)20-11-14-5-6-16-17(9-14)24-13-23-16/h3-6,9,12H,1-2,7-8,11,13H2,(H,20,22)/b15-12-. The van der Waals surface area contributed by atoms with Gasteiger partial charge in [0.2, 0.25) is 6.79 Å². The van der Waals surface area contributed by atoms with E-state index in [0.29, 0.717) is 24.6 Å². The average molecular weight is 325 g/mol. The zero-order chi connectivity index (χ0) is 17.4. The number of benzene rings is 1. The smallest absolute Gasteiger partial charge is 0.263 e. The van der Waals surface area contributed by atoms with Gasteiger partial charge in [0.1, 0.15) is 11.6 Å². The third-order valence-electron chi connectivity index (χ3n) is 3.29. The Bertz CT molecular complexity index is 694. The Morgan fingerprint density at radius 3 is 2.67 bits per heavy atom. The fourth-order valence-electron chi connectivity index (χ4n) is 2.16. The number of rotatable bonds is 8.